The maximum absolute atomic E-state index is 11.8. The van der Waals surface area contributed by atoms with E-state index < -0.39 is 11.8 Å². The number of benzene rings is 1. The van der Waals surface area contributed by atoms with Gasteiger partial charge in [-0.15, -0.1) is 0 Å². The highest BCUT2D eigenvalue weighted by atomic mass is 16.6. The van der Waals surface area contributed by atoms with Crippen molar-refractivity contribution in [2.45, 2.75) is 0 Å². The fraction of sp³-hybridized carbons (Fsp3) is 0.579. The molecule has 0 atom stereocenters. The van der Waals surface area contributed by atoms with Gasteiger partial charge in [-0.2, -0.15) is 0 Å². The highest BCUT2D eigenvalue weighted by Crippen LogP contribution is 2.01. The van der Waals surface area contributed by atoms with Crippen LogP contribution in [0.25, 0.3) is 0 Å². The Morgan fingerprint density at radius 3 is 1.59 bits per heavy atom. The van der Waals surface area contributed by atoms with Crippen LogP contribution in [0.15, 0.2) is 30.3 Å². The van der Waals surface area contributed by atoms with Gasteiger partial charge in [0, 0.05) is 12.7 Å². The van der Waals surface area contributed by atoms with Crippen LogP contribution in [0.4, 0.5) is 0 Å². The van der Waals surface area contributed by atoms with Crippen molar-refractivity contribution in [1.82, 2.24) is 0 Å². The van der Waals surface area contributed by atoms with Crippen molar-refractivity contribution in [3.63, 3.8) is 0 Å². The number of carbonyl (C=O) groups excluding carboxylic acids is 2. The van der Waals surface area contributed by atoms with Gasteiger partial charge in [-0.3, -0.25) is 4.79 Å². The normalized spacial score (nSPS) is 10.7. The Balaban J connectivity index is 1.85. The van der Waals surface area contributed by atoms with Crippen LogP contribution in [-0.2, 0) is 33.2 Å². The van der Waals surface area contributed by atoms with E-state index in [2.05, 4.69) is 0 Å². The van der Waals surface area contributed by atoms with Gasteiger partial charge in [0.2, 0.25) is 0 Å². The van der Waals surface area contributed by atoms with Gasteiger partial charge in [-0.1, -0.05) is 30.3 Å². The Hall–Kier alpha value is -1.84. The molecule has 0 amide bonds. The molecule has 8 heteroatoms. The van der Waals surface area contributed by atoms with E-state index in [1.807, 2.05) is 0 Å². The van der Waals surface area contributed by atoms with Gasteiger partial charge in [0.25, 0.3) is 5.78 Å². The van der Waals surface area contributed by atoms with Crippen LogP contribution in [0, 0.1) is 0 Å². The summed E-state index contributed by atoms with van der Waals surface area (Å²) in [6.07, 6.45) is 0. The van der Waals surface area contributed by atoms with E-state index in [-0.39, 0.29) is 13.2 Å². The van der Waals surface area contributed by atoms with E-state index in [1.165, 1.54) is 0 Å². The zero-order valence-electron chi connectivity index (χ0n) is 15.7. The molecule has 152 valence electrons. The molecule has 0 unspecified atom stereocenters. The summed E-state index contributed by atoms with van der Waals surface area (Å²) in [4.78, 5) is 23.4. The summed E-state index contributed by atoms with van der Waals surface area (Å²) >= 11 is 0. The zero-order chi connectivity index (χ0) is 19.6. The predicted molar refractivity (Wildman–Crippen MR) is 96.9 cm³/mol. The first-order valence-electron chi connectivity index (χ1n) is 8.82. The minimum absolute atomic E-state index is 0.0174. The molecule has 0 fully saturated rings. The van der Waals surface area contributed by atoms with Crippen molar-refractivity contribution >= 4 is 11.8 Å². The quantitative estimate of drug-likeness (QED) is 0.171. The highest BCUT2D eigenvalue weighted by molar-refractivity contribution is 6.40. The Labute approximate surface area is 159 Å². The predicted octanol–water partition coefficient (Wildman–Crippen LogP) is 1.13. The number of esters is 1. The highest BCUT2D eigenvalue weighted by Gasteiger charge is 2.16. The van der Waals surface area contributed by atoms with Crippen LogP contribution in [0.3, 0.4) is 0 Å². The minimum Gasteiger partial charge on any atom is -0.457 e. The van der Waals surface area contributed by atoms with Crippen molar-refractivity contribution in [3.05, 3.63) is 35.9 Å². The number of carbonyl (C=O) groups is 2. The van der Waals surface area contributed by atoms with E-state index in [0.717, 1.165) is 0 Å². The molecule has 1 rings (SSSR count). The molecule has 1 aromatic carbocycles. The van der Waals surface area contributed by atoms with E-state index in [0.29, 0.717) is 58.4 Å². The summed E-state index contributed by atoms with van der Waals surface area (Å²) in [6.45, 7) is 4.10. The van der Waals surface area contributed by atoms with Crippen molar-refractivity contribution in [3.8, 4) is 0 Å². The summed E-state index contributed by atoms with van der Waals surface area (Å²) in [5.74, 6) is -1.55. The summed E-state index contributed by atoms with van der Waals surface area (Å²) < 4.78 is 30.9. The van der Waals surface area contributed by atoms with Crippen LogP contribution >= 0.6 is 0 Å². The first-order valence-corrected chi connectivity index (χ1v) is 8.82. The SMILES string of the molecule is COCCOCCOCCOCCOCCOC(=O)C(=O)c1ccccc1. The van der Waals surface area contributed by atoms with E-state index >= 15 is 0 Å². The Morgan fingerprint density at radius 2 is 1.11 bits per heavy atom. The molecule has 0 saturated carbocycles. The molecule has 1 aromatic rings. The lowest BCUT2D eigenvalue weighted by atomic mass is 10.1. The molecule has 0 spiro atoms. The minimum atomic E-state index is -0.885. The molecule has 0 heterocycles. The third-order valence-electron chi connectivity index (χ3n) is 3.23. The summed E-state index contributed by atoms with van der Waals surface area (Å²) in [6, 6.07) is 8.27. The zero-order valence-corrected chi connectivity index (χ0v) is 15.7. The van der Waals surface area contributed by atoms with Crippen LogP contribution < -0.4 is 0 Å². The second-order valence-electron chi connectivity index (χ2n) is 5.27. The summed E-state index contributed by atoms with van der Waals surface area (Å²) in [5.41, 5.74) is 0.306. The fourth-order valence-corrected chi connectivity index (χ4v) is 1.87. The number of Topliss-reactive ketones (excluding diaryl/α,β-unsaturated/α-hetero) is 1. The van der Waals surface area contributed by atoms with Crippen molar-refractivity contribution < 1.29 is 38.0 Å². The van der Waals surface area contributed by atoms with Crippen LogP contribution in [-0.4, -0.2) is 84.9 Å². The molecule has 0 saturated heterocycles. The molecule has 0 aromatic heterocycles. The molecule has 0 bridgehead atoms. The number of rotatable bonds is 17. The number of ether oxygens (including phenoxy) is 6. The van der Waals surface area contributed by atoms with Crippen molar-refractivity contribution in [1.29, 1.82) is 0 Å². The Kier molecular flexibility index (Phi) is 14.0. The molecular formula is C19H28O8. The first kappa shape index (κ1) is 23.2. The van der Waals surface area contributed by atoms with E-state index in [4.69, 9.17) is 28.4 Å². The van der Waals surface area contributed by atoms with Gasteiger partial charge >= 0.3 is 5.97 Å². The van der Waals surface area contributed by atoms with Gasteiger partial charge in [-0.05, 0) is 0 Å². The maximum Gasteiger partial charge on any atom is 0.379 e. The number of hydrogen-bond donors (Lipinski definition) is 0. The molecule has 0 N–H and O–H groups in total. The second-order valence-corrected chi connectivity index (χ2v) is 5.27. The molecule has 0 aliphatic rings. The molecular weight excluding hydrogens is 356 g/mol. The van der Waals surface area contributed by atoms with Crippen molar-refractivity contribution in [2.75, 3.05) is 73.2 Å². The third kappa shape index (κ3) is 12.2. The number of hydrogen-bond acceptors (Lipinski definition) is 8. The Morgan fingerprint density at radius 1 is 0.667 bits per heavy atom. The largest absolute Gasteiger partial charge is 0.457 e. The number of methoxy groups -OCH3 is 1. The smallest absolute Gasteiger partial charge is 0.379 e. The van der Waals surface area contributed by atoms with Gasteiger partial charge < -0.3 is 28.4 Å². The van der Waals surface area contributed by atoms with Gasteiger partial charge in [0.05, 0.1) is 59.5 Å². The van der Waals surface area contributed by atoms with Gasteiger partial charge in [-0.25, -0.2) is 4.79 Å². The molecule has 8 nitrogen and oxygen atoms in total. The molecule has 27 heavy (non-hydrogen) atoms. The monoisotopic (exact) mass is 384 g/mol. The first-order chi connectivity index (χ1) is 13.3. The second kappa shape index (κ2) is 16.3. The van der Waals surface area contributed by atoms with E-state index in [1.54, 1.807) is 37.4 Å². The van der Waals surface area contributed by atoms with Gasteiger partial charge in [0.1, 0.15) is 6.61 Å². The van der Waals surface area contributed by atoms with Crippen LogP contribution in [0.1, 0.15) is 10.4 Å². The standard InChI is InChI=1S/C19H28O8/c1-22-7-8-23-9-10-24-11-12-25-13-14-26-15-16-27-19(21)18(20)17-5-3-2-4-6-17/h2-6H,7-16H2,1H3. The maximum atomic E-state index is 11.8. The topological polar surface area (TPSA) is 89.5 Å². The lowest BCUT2D eigenvalue weighted by Crippen LogP contribution is -2.20. The summed E-state index contributed by atoms with van der Waals surface area (Å²) in [5, 5.41) is 0. The van der Waals surface area contributed by atoms with E-state index in [9.17, 15) is 9.59 Å². The average molecular weight is 384 g/mol. The number of ketones is 1. The van der Waals surface area contributed by atoms with Crippen LogP contribution in [0.2, 0.25) is 0 Å². The Bertz CT molecular complexity index is 506. The van der Waals surface area contributed by atoms with Crippen molar-refractivity contribution in [2.24, 2.45) is 0 Å². The summed E-state index contributed by atoms with van der Waals surface area (Å²) in [7, 11) is 1.63. The van der Waals surface area contributed by atoms with Crippen LogP contribution in [0.5, 0.6) is 0 Å². The fourth-order valence-electron chi connectivity index (χ4n) is 1.87. The molecule has 0 aliphatic heterocycles. The third-order valence-corrected chi connectivity index (χ3v) is 3.23. The lowest BCUT2D eigenvalue weighted by molar-refractivity contribution is -0.139. The lowest BCUT2D eigenvalue weighted by Gasteiger charge is -2.08. The van der Waals surface area contributed by atoms with Gasteiger partial charge in [0.15, 0.2) is 0 Å². The average Bonchev–Trinajstić information content (AvgIpc) is 2.70. The molecule has 0 aliphatic carbocycles. The molecule has 0 radical (unpaired) electrons.